The molecule has 7 nitrogen and oxygen atoms in total. The first kappa shape index (κ1) is 31.9. The average Bonchev–Trinajstić information content (AvgIpc) is 3.17. The number of hydrogen-bond donors (Lipinski definition) is 0. The van der Waals surface area contributed by atoms with E-state index in [9.17, 15) is 9.59 Å². The molecular formula is C29H44FN2O5PS2. The maximum atomic E-state index is 15.9. The third kappa shape index (κ3) is 8.76. The zero-order valence-electron chi connectivity index (χ0n) is 25.8. The van der Waals surface area contributed by atoms with Crippen molar-refractivity contribution in [2.45, 2.75) is 121 Å². The summed E-state index contributed by atoms with van der Waals surface area (Å²) in [7, 11) is 1.86. The minimum Gasteiger partial charge on any atom is -0.349 e. The second-order valence-corrected chi connectivity index (χ2v) is 16.0. The highest BCUT2D eigenvalue weighted by Gasteiger charge is 2.50. The molecule has 0 N–H and O–H groups in total. The Morgan fingerprint density at radius 3 is 2.55 bits per heavy atom. The SMILES string of the molecule is [2H]CC1OC(N2C=CC(=O)CC2=O)C(F)C1OP(OCCc1c(C)cccc1SSC(C)(C)C)N(C(C)C)C(C)C. The van der Waals surface area contributed by atoms with E-state index in [4.69, 9.17) is 15.2 Å². The monoisotopic (exact) mass is 615 g/mol. The molecule has 224 valence electrons. The Morgan fingerprint density at radius 2 is 1.95 bits per heavy atom. The highest BCUT2D eigenvalue weighted by molar-refractivity contribution is 8.77. The van der Waals surface area contributed by atoms with Crippen LogP contribution >= 0.6 is 30.1 Å². The molecule has 3 rings (SSSR count). The first-order chi connectivity index (χ1) is 19.2. The third-order valence-electron chi connectivity index (χ3n) is 6.34. The molecule has 0 bridgehead atoms. The largest absolute Gasteiger partial charge is 0.349 e. The normalized spacial score (nSPS) is 25.0. The third-order valence-corrected chi connectivity index (χ3v) is 11.9. The van der Waals surface area contributed by atoms with E-state index in [0.717, 1.165) is 4.90 Å². The molecule has 2 aliphatic rings. The number of halogens is 1. The van der Waals surface area contributed by atoms with Crippen molar-refractivity contribution in [3.8, 4) is 0 Å². The van der Waals surface area contributed by atoms with Crippen LogP contribution in [-0.4, -0.2) is 69.3 Å². The van der Waals surface area contributed by atoms with E-state index in [-0.39, 0.29) is 35.9 Å². The number of rotatable bonds is 12. The number of alkyl halides is 1. The van der Waals surface area contributed by atoms with Crippen LogP contribution in [0.3, 0.4) is 0 Å². The molecule has 5 unspecified atom stereocenters. The van der Waals surface area contributed by atoms with Crippen LogP contribution in [0.15, 0.2) is 35.4 Å². The van der Waals surface area contributed by atoms with E-state index in [1.165, 1.54) is 28.3 Å². The van der Waals surface area contributed by atoms with Gasteiger partial charge in [0.2, 0.25) is 5.91 Å². The molecule has 1 aromatic carbocycles. The van der Waals surface area contributed by atoms with Gasteiger partial charge in [-0.1, -0.05) is 54.5 Å². The fourth-order valence-electron chi connectivity index (χ4n) is 4.52. The summed E-state index contributed by atoms with van der Waals surface area (Å²) in [6.07, 6.45) is -2.13. The predicted molar refractivity (Wildman–Crippen MR) is 163 cm³/mol. The number of allylic oxidation sites excluding steroid dienone is 1. The lowest BCUT2D eigenvalue weighted by Crippen LogP contribution is -2.45. The topological polar surface area (TPSA) is 68.3 Å². The smallest absolute Gasteiger partial charge is 0.259 e. The molecule has 2 aliphatic heterocycles. The van der Waals surface area contributed by atoms with Crippen LogP contribution in [0.4, 0.5) is 4.39 Å². The summed E-state index contributed by atoms with van der Waals surface area (Å²) in [5, 5.41) is 0. The fourth-order valence-corrected chi connectivity index (χ4v) is 8.61. The van der Waals surface area contributed by atoms with Crippen molar-refractivity contribution < 1.29 is 29.1 Å². The van der Waals surface area contributed by atoms with E-state index in [1.54, 1.807) is 10.8 Å². The molecular weight excluding hydrogens is 570 g/mol. The number of carbonyl (C=O) groups is 2. The number of ketones is 1. The summed E-state index contributed by atoms with van der Waals surface area (Å²) in [6.45, 7) is 17.0. The Bertz CT molecular complexity index is 1080. The van der Waals surface area contributed by atoms with Crippen molar-refractivity contribution in [3.05, 3.63) is 41.6 Å². The highest BCUT2D eigenvalue weighted by Crippen LogP contribution is 2.50. The summed E-state index contributed by atoms with van der Waals surface area (Å²) in [4.78, 5) is 26.4. The molecule has 1 aromatic rings. The van der Waals surface area contributed by atoms with E-state index >= 15 is 4.39 Å². The van der Waals surface area contributed by atoms with Crippen molar-refractivity contribution in [2.24, 2.45) is 0 Å². The molecule has 1 saturated heterocycles. The number of hydrogen-bond acceptors (Lipinski definition) is 8. The van der Waals surface area contributed by atoms with E-state index in [2.05, 4.69) is 50.6 Å². The first-order valence-corrected chi connectivity index (χ1v) is 16.9. The Morgan fingerprint density at radius 1 is 1.25 bits per heavy atom. The molecule has 1 amide bonds. The van der Waals surface area contributed by atoms with Gasteiger partial charge in [0.05, 0.1) is 19.1 Å². The average molecular weight is 616 g/mol. The summed E-state index contributed by atoms with van der Waals surface area (Å²) < 4.78 is 44.8. The lowest BCUT2D eigenvalue weighted by Gasteiger charge is -2.37. The zero-order valence-corrected chi connectivity index (χ0v) is 27.3. The molecule has 0 spiro atoms. The van der Waals surface area contributed by atoms with Crippen LogP contribution in [0.25, 0.3) is 0 Å². The van der Waals surface area contributed by atoms with Crippen LogP contribution in [0.2, 0.25) is 0 Å². The lowest BCUT2D eigenvalue weighted by molar-refractivity contribution is -0.145. The Labute approximate surface area is 249 Å². The van der Waals surface area contributed by atoms with Gasteiger partial charge in [-0.3, -0.25) is 14.5 Å². The number of benzene rings is 1. The molecule has 40 heavy (non-hydrogen) atoms. The maximum Gasteiger partial charge on any atom is 0.259 e. The zero-order chi connectivity index (χ0) is 30.5. The molecule has 2 heterocycles. The van der Waals surface area contributed by atoms with Gasteiger partial charge in [-0.15, -0.1) is 0 Å². The highest BCUT2D eigenvalue weighted by atomic mass is 33.1. The standard InChI is InChI=1S/C29H44FN2O5PS2/c1-18(2)32(19(3)4)38(35-16-14-23-20(5)11-10-12-24(23)39-40-29(7,8)9)37-27-21(6)36-28(26(27)30)31-15-13-22(33)17-25(31)34/h10-13,15,18-19,21,26-28H,14,16-17H2,1-9H3/i6D. The van der Waals surface area contributed by atoms with Crippen molar-refractivity contribution in [2.75, 3.05) is 6.61 Å². The van der Waals surface area contributed by atoms with E-state index in [0.29, 0.717) is 13.0 Å². The number of amides is 1. The second-order valence-electron chi connectivity index (χ2n) is 11.6. The van der Waals surface area contributed by atoms with Crippen LogP contribution in [0, 0.1) is 6.92 Å². The van der Waals surface area contributed by atoms with Gasteiger partial charge in [0.15, 0.2) is 18.2 Å². The number of aryl methyl sites for hydroxylation is 1. The first-order valence-electron chi connectivity index (χ1n) is 14.4. The Balaban J connectivity index is 1.79. The van der Waals surface area contributed by atoms with Crippen molar-refractivity contribution in [1.82, 2.24) is 9.57 Å². The Kier molecular flexibility index (Phi) is 11.5. The number of ether oxygens (including phenoxy) is 1. The summed E-state index contributed by atoms with van der Waals surface area (Å²) in [5.74, 6) is -0.867. The van der Waals surface area contributed by atoms with Gasteiger partial charge in [-0.05, 0) is 71.2 Å². The van der Waals surface area contributed by atoms with Crippen molar-refractivity contribution in [1.29, 1.82) is 0 Å². The van der Waals surface area contributed by atoms with Crippen molar-refractivity contribution in [3.63, 3.8) is 0 Å². The van der Waals surface area contributed by atoms with Gasteiger partial charge in [-0.2, -0.15) is 0 Å². The van der Waals surface area contributed by atoms with Crippen LogP contribution in [-0.2, 0) is 29.8 Å². The fraction of sp³-hybridized carbons (Fsp3) is 0.655. The van der Waals surface area contributed by atoms with E-state index < -0.39 is 39.0 Å². The van der Waals surface area contributed by atoms with Gasteiger partial charge in [0.25, 0.3) is 8.53 Å². The minimum absolute atomic E-state index is 0.0529. The quantitative estimate of drug-likeness (QED) is 0.139. The van der Waals surface area contributed by atoms with Crippen LogP contribution < -0.4 is 0 Å². The van der Waals surface area contributed by atoms with Crippen LogP contribution in [0.5, 0.6) is 0 Å². The predicted octanol–water partition coefficient (Wildman–Crippen LogP) is 7.22. The number of nitrogens with zero attached hydrogens (tertiary/aromatic N) is 2. The molecule has 11 heteroatoms. The molecule has 5 atom stereocenters. The summed E-state index contributed by atoms with van der Waals surface area (Å²) >= 11 is 0. The van der Waals surface area contributed by atoms with Gasteiger partial charge in [0.1, 0.15) is 6.10 Å². The molecule has 0 aliphatic carbocycles. The lowest BCUT2D eigenvalue weighted by atomic mass is 10.1. The second kappa shape index (κ2) is 14.5. The van der Waals surface area contributed by atoms with E-state index in [1.807, 2.05) is 38.5 Å². The van der Waals surface area contributed by atoms with Gasteiger partial charge in [0, 0.05) is 29.3 Å². The molecule has 1 fully saturated rings. The molecule has 0 saturated carbocycles. The molecule has 0 aromatic heterocycles. The van der Waals surface area contributed by atoms with Crippen molar-refractivity contribution >= 4 is 41.8 Å². The Hall–Kier alpha value is -1.000. The van der Waals surface area contributed by atoms with Gasteiger partial charge < -0.3 is 13.8 Å². The van der Waals surface area contributed by atoms with Gasteiger partial charge in [-0.25, -0.2) is 9.06 Å². The van der Waals surface area contributed by atoms with Gasteiger partial charge >= 0.3 is 0 Å². The minimum atomic E-state index is -1.73. The molecule has 0 radical (unpaired) electrons. The summed E-state index contributed by atoms with van der Waals surface area (Å²) in [6, 6.07) is 6.40. The van der Waals surface area contributed by atoms with Crippen LogP contribution in [0.1, 0.15) is 74.3 Å². The maximum absolute atomic E-state index is 15.9. The summed E-state index contributed by atoms with van der Waals surface area (Å²) in [5.41, 5.74) is 2.40. The number of carbonyl (C=O) groups excluding carboxylic acids is 2.